The number of hydrogen-bond donors (Lipinski definition) is 1. The van der Waals surface area contributed by atoms with Gasteiger partial charge in [0.1, 0.15) is 0 Å². The summed E-state index contributed by atoms with van der Waals surface area (Å²) in [4.78, 5) is 25.2. The van der Waals surface area contributed by atoms with Crippen molar-refractivity contribution >= 4 is 21.7 Å². The van der Waals surface area contributed by atoms with Gasteiger partial charge in [-0.05, 0) is 43.5 Å². The Morgan fingerprint density at radius 1 is 1.25 bits per heavy atom. The van der Waals surface area contributed by atoms with Crippen LogP contribution in [0.5, 0.6) is 0 Å². The lowest BCUT2D eigenvalue weighted by atomic mass is 10.1. The smallest absolute Gasteiger partial charge is 0.305 e. The van der Waals surface area contributed by atoms with Crippen molar-refractivity contribution in [1.82, 2.24) is 4.90 Å². The van der Waals surface area contributed by atoms with E-state index < -0.39 is 15.8 Å². The maximum Gasteiger partial charge on any atom is 0.305 e. The van der Waals surface area contributed by atoms with E-state index in [0.717, 1.165) is 12.8 Å². The highest BCUT2D eigenvalue weighted by Gasteiger charge is 2.31. The fraction of sp³-hybridized carbons (Fsp3) is 0.529. The fourth-order valence-electron chi connectivity index (χ4n) is 2.94. The summed E-state index contributed by atoms with van der Waals surface area (Å²) < 4.78 is 24.3. The van der Waals surface area contributed by atoms with Crippen LogP contribution in [0.15, 0.2) is 29.2 Å². The maximum absolute atomic E-state index is 12.6. The van der Waals surface area contributed by atoms with Crippen molar-refractivity contribution in [3.05, 3.63) is 29.8 Å². The van der Waals surface area contributed by atoms with Crippen molar-refractivity contribution in [3.8, 4) is 0 Å². The van der Waals surface area contributed by atoms with E-state index in [2.05, 4.69) is 0 Å². The lowest BCUT2D eigenvalue weighted by molar-refractivity contribution is -0.137. The number of benzene rings is 1. The third-order valence-electron chi connectivity index (χ3n) is 4.28. The van der Waals surface area contributed by atoms with Crippen LogP contribution in [-0.2, 0) is 14.6 Å². The average molecular weight is 353 g/mol. The Bertz CT molecular complexity index is 696. The molecule has 7 heteroatoms. The fourth-order valence-corrected chi connectivity index (χ4v) is 4.39. The molecule has 2 rings (SSSR count). The number of rotatable bonds is 7. The molecule has 0 spiro atoms. The molecule has 1 N–H and O–H groups in total. The molecule has 132 valence electrons. The summed E-state index contributed by atoms with van der Waals surface area (Å²) in [5.41, 5.74) is 0.390. The number of sulfone groups is 1. The van der Waals surface area contributed by atoms with E-state index in [1.807, 2.05) is 6.92 Å². The van der Waals surface area contributed by atoms with E-state index in [0.29, 0.717) is 24.9 Å². The Morgan fingerprint density at radius 2 is 1.92 bits per heavy atom. The van der Waals surface area contributed by atoms with E-state index in [9.17, 15) is 18.0 Å². The van der Waals surface area contributed by atoms with Crippen LogP contribution >= 0.6 is 0 Å². The van der Waals surface area contributed by atoms with Crippen LogP contribution in [0.3, 0.4) is 0 Å². The van der Waals surface area contributed by atoms with Gasteiger partial charge in [0.2, 0.25) is 0 Å². The van der Waals surface area contributed by atoms with Gasteiger partial charge in [-0.1, -0.05) is 13.3 Å². The first-order valence-corrected chi connectivity index (χ1v) is 9.86. The second-order valence-electron chi connectivity index (χ2n) is 6.09. The quantitative estimate of drug-likeness (QED) is 0.812. The summed E-state index contributed by atoms with van der Waals surface area (Å²) in [6.45, 7) is 2.47. The molecule has 1 saturated heterocycles. The molecule has 1 aliphatic heterocycles. The van der Waals surface area contributed by atoms with Crippen LogP contribution in [0.1, 0.15) is 49.4 Å². The maximum atomic E-state index is 12.6. The van der Waals surface area contributed by atoms with E-state index in [1.165, 1.54) is 24.3 Å². The van der Waals surface area contributed by atoms with E-state index in [-0.39, 0.29) is 29.0 Å². The van der Waals surface area contributed by atoms with Crippen molar-refractivity contribution < 1.29 is 23.1 Å². The highest BCUT2D eigenvalue weighted by Crippen LogP contribution is 2.23. The number of nitrogens with zero attached hydrogens (tertiary/aromatic N) is 1. The van der Waals surface area contributed by atoms with Crippen molar-refractivity contribution in [2.75, 3.05) is 12.3 Å². The number of aliphatic carboxylic acids is 1. The number of carboxylic acids is 1. The van der Waals surface area contributed by atoms with E-state index in [4.69, 9.17) is 5.11 Å². The number of carboxylic acid groups (broad SMARTS) is 1. The Balaban J connectivity index is 2.12. The van der Waals surface area contributed by atoms with Gasteiger partial charge in [-0.25, -0.2) is 8.42 Å². The zero-order valence-corrected chi connectivity index (χ0v) is 14.6. The highest BCUT2D eigenvalue weighted by atomic mass is 32.2. The van der Waals surface area contributed by atoms with Crippen LogP contribution in [-0.4, -0.2) is 48.6 Å². The normalized spacial score (nSPS) is 17.9. The molecule has 1 fully saturated rings. The summed E-state index contributed by atoms with van der Waals surface area (Å²) in [6.07, 6.45) is 2.81. The van der Waals surface area contributed by atoms with Crippen molar-refractivity contribution in [2.24, 2.45) is 0 Å². The summed E-state index contributed by atoms with van der Waals surface area (Å²) >= 11 is 0. The van der Waals surface area contributed by atoms with E-state index in [1.54, 1.807) is 4.90 Å². The third-order valence-corrected chi connectivity index (χ3v) is 6.09. The van der Waals surface area contributed by atoms with Crippen LogP contribution in [0.25, 0.3) is 0 Å². The molecular weight excluding hydrogens is 330 g/mol. The second-order valence-corrected chi connectivity index (χ2v) is 8.20. The molecule has 0 bridgehead atoms. The summed E-state index contributed by atoms with van der Waals surface area (Å²) in [5.74, 6) is -1.06. The summed E-state index contributed by atoms with van der Waals surface area (Å²) in [5, 5.41) is 8.94. The first kappa shape index (κ1) is 18.4. The molecule has 1 heterocycles. The lowest BCUT2D eigenvalue weighted by Crippen LogP contribution is -2.36. The zero-order valence-electron chi connectivity index (χ0n) is 13.8. The molecule has 1 atom stereocenters. The van der Waals surface area contributed by atoms with Crippen LogP contribution in [0.2, 0.25) is 0 Å². The molecule has 0 aromatic heterocycles. The molecule has 1 aliphatic rings. The molecule has 0 aliphatic carbocycles. The highest BCUT2D eigenvalue weighted by molar-refractivity contribution is 7.91. The number of hydrogen-bond acceptors (Lipinski definition) is 4. The first-order valence-electron chi connectivity index (χ1n) is 8.20. The van der Waals surface area contributed by atoms with Crippen LogP contribution in [0, 0.1) is 0 Å². The first-order chi connectivity index (χ1) is 11.3. The molecule has 1 aromatic carbocycles. The average Bonchev–Trinajstić information content (AvgIpc) is 2.99. The van der Waals surface area contributed by atoms with Gasteiger partial charge in [0.25, 0.3) is 5.91 Å². The van der Waals surface area contributed by atoms with Gasteiger partial charge >= 0.3 is 5.97 Å². The number of amides is 1. The van der Waals surface area contributed by atoms with Gasteiger partial charge in [0.15, 0.2) is 9.84 Å². The number of likely N-dealkylation sites (tertiary alicyclic amines) is 1. The minimum absolute atomic E-state index is 0.0603. The molecule has 1 unspecified atom stereocenters. The largest absolute Gasteiger partial charge is 0.481 e. The van der Waals surface area contributed by atoms with Crippen molar-refractivity contribution in [1.29, 1.82) is 0 Å². The summed E-state index contributed by atoms with van der Waals surface area (Å²) in [6, 6.07) is 5.65. The Hall–Kier alpha value is -1.89. The molecule has 1 aromatic rings. The molecular formula is C17H23NO5S. The Labute approximate surface area is 142 Å². The monoisotopic (exact) mass is 353 g/mol. The summed E-state index contributed by atoms with van der Waals surface area (Å²) in [7, 11) is -3.31. The van der Waals surface area contributed by atoms with Gasteiger partial charge in [-0.2, -0.15) is 0 Å². The molecule has 6 nitrogen and oxygen atoms in total. The molecule has 1 amide bonds. The zero-order chi connectivity index (χ0) is 17.7. The van der Waals surface area contributed by atoms with Crippen LogP contribution < -0.4 is 0 Å². The predicted molar refractivity (Wildman–Crippen MR) is 89.7 cm³/mol. The van der Waals surface area contributed by atoms with Crippen molar-refractivity contribution in [3.63, 3.8) is 0 Å². The number of carbonyl (C=O) groups excluding carboxylic acids is 1. The minimum Gasteiger partial charge on any atom is -0.481 e. The predicted octanol–water partition coefficient (Wildman–Crippen LogP) is 2.34. The SMILES string of the molecule is CCCCS(=O)(=O)c1ccc(C(=O)N2CCCC2CC(=O)O)cc1. The van der Waals surface area contributed by atoms with Gasteiger partial charge in [0, 0.05) is 18.2 Å². The standard InChI is InChI=1S/C17H23NO5S/c1-2-3-11-24(22,23)15-8-6-13(7-9-15)17(21)18-10-4-5-14(18)12-16(19)20/h6-9,14H,2-5,10-12H2,1H3,(H,19,20). The number of carbonyl (C=O) groups is 2. The van der Waals surface area contributed by atoms with E-state index >= 15 is 0 Å². The van der Waals surface area contributed by atoms with Gasteiger partial charge in [-0.3, -0.25) is 9.59 Å². The van der Waals surface area contributed by atoms with Crippen LogP contribution in [0.4, 0.5) is 0 Å². The Morgan fingerprint density at radius 3 is 2.50 bits per heavy atom. The van der Waals surface area contributed by atoms with Gasteiger partial charge in [-0.15, -0.1) is 0 Å². The Kier molecular flexibility index (Phi) is 5.99. The third kappa shape index (κ3) is 4.35. The van der Waals surface area contributed by atoms with Gasteiger partial charge < -0.3 is 10.0 Å². The van der Waals surface area contributed by atoms with Crippen molar-refractivity contribution in [2.45, 2.75) is 50.0 Å². The topological polar surface area (TPSA) is 91.8 Å². The molecule has 24 heavy (non-hydrogen) atoms. The molecule has 0 saturated carbocycles. The lowest BCUT2D eigenvalue weighted by Gasteiger charge is -2.23. The minimum atomic E-state index is -3.31. The molecule has 0 radical (unpaired) electrons. The van der Waals surface area contributed by atoms with Gasteiger partial charge in [0.05, 0.1) is 17.1 Å². The second kappa shape index (κ2) is 7.79. The number of unbranched alkanes of at least 4 members (excludes halogenated alkanes) is 1.